The van der Waals surface area contributed by atoms with Gasteiger partial charge in [0.15, 0.2) is 6.10 Å². The molecule has 0 aliphatic carbocycles. The molecular weight excluding hydrogens is 966 g/mol. The standard InChI is InChI=1S/C66H116NO8P/c1-6-8-10-12-14-16-18-20-22-24-25-26-27-28-29-30-31-32-33-34-35-36-37-38-39-40-41-43-45-47-49-51-53-55-57-59-66(69)75-64(63-74-76(70,71)73-61-60-67(3,4)5)62-72-65(68)58-56-54-52-50-48-46-44-42-23-21-19-17-15-13-11-9-7-2/h8,10,14-17,20-23,25-26,28-29,31-32,64H,6-7,9,11-13,18-19,24,27,30,33-63H2,1-5H3/b10-8-,16-14-,17-15-,22-20-,23-21-,26-25-,29-28-,32-31-. The Bertz CT molecular complexity index is 1600. The lowest BCUT2D eigenvalue weighted by molar-refractivity contribution is -0.870. The van der Waals surface area contributed by atoms with Crippen molar-refractivity contribution in [3.63, 3.8) is 0 Å². The number of quaternary nitrogens is 1. The predicted molar refractivity (Wildman–Crippen MR) is 323 cm³/mol. The fourth-order valence-electron chi connectivity index (χ4n) is 8.34. The van der Waals surface area contributed by atoms with Gasteiger partial charge < -0.3 is 27.9 Å². The SMILES string of the molecule is CC/C=C\C/C=C\C/C=C\C/C=C\C/C=C\C/C=C\CCCCCCCCCCCCCCCCCCC(=O)OC(COC(=O)CCCCCCCCC/C=C\C/C=C\CCCCC)COP(=O)([O-])OCC[N+](C)(C)C. The summed E-state index contributed by atoms with van der Waals surface area (Å²) in [5, 5.41) is 0. The van der Waals surface area contributed by atoms with Crippen molar-refractivity contribution in [2.24, 2.45) is 0 Å². The average Bonchev–Trinajstić information content (AvgIpc) is 3.38. The molecule has 0 aromatic carbocycles. The van der Waals surface area contributed by atoms with Crippen LogP contribution in [-0.2, 0) is 32.7 Å². The summed E-state index contributed by atoms with van der Waals surface area (Å²) in [6, 6.07) is 0. The molecule has 0 heterocycles. The molecule has 0 saturated heterocycles. The maximum absolute atomic E-state index is 12.8. The number of phosphoric acid groups is 1. The van der Waals surface area contributed by atoms with Gasteiger partial charge in [-0.05, 0) is 96.3 Å². The summed E-state index contributed by atoms with van der Waals surface area (Å²) in [6.45, 7) is 4.10. The first-order chi connectivity index (χ1) is 37.0. The summed E-state index contributed by atoms with van der Waals surface area (Å²) in [5.41, 5.74) is 0. The normalized spacial score (nSPS) is 13.9. The fraction of sp³-hybridized carbons (Fsp3) is 0.727. The van der Waals surface area contributed by atoms with Gasteiger partial charge in [0.05, 0.1) is 27.7 Å². The van der Waals surface area contributed by atoms with E-state index < -0.39 is 32.5 Å². The number of unbranched alkanes of at least 4 members (excludes halogenated alkanes) is 26. The molecule has 76 heavy (non-hydrogen) atoms. The molecule has 0 radical (unpaired) electrons. The van der Waals surface area contributed by atoms with Crippen LogP contribution in [0.5, 0.6) is 0 Å². The number of hydrogen-bond acceptors (Lipinski definition) is 8. The van der Waals surface area contributed by atoms with Gasteiger partial charge >= 0.3 is 11.9 Å². The van der Waals surface area contributed by atoms with Crippen LogP contribution < -0.4 is 4.89 Å². The van der Waals surface area contributed by atoms with Crippen LogP contribution in [0.3, 0.4) is 0 Å². The second-order valence-corrected chi connectivity index (χ2v) is 23.1. The molecule has 0 fully saturated rings. The first-order valence-electron chi connectivity index (χ1n) is 30.9. The van der Waals surface area contributed by atoms with Crippen molar-refractivity contribution in [3.8, 4) is 0 Å². The maximum atomic E-state index is 12.8. The maximum Gasteiger partial charge on any atom is 0.306 e. The average molecular weight is 1080 g/mol. The largest absolute Gasteiger partial charge is 0.756 e. The van der Waals surface area contributed by atoms with Crippen molar-refractivity contribution in [2.45, 2.75) is 264 Å². The zero-order chi connectivity index (χ0) is 55.6. The molecule has 2 atom stereocenters. The second kappa shape index (κ2) is 56.6. The zero-order valence-electron chi connectivity index (χ0n) is 49.7. The van der Waals surface area contributed by atoms with Crippen molar-refractivity contribution in [3.05, 3.63) is 97.2 Å². The molecule has 2 unspecified atom stereocenters. The fourth-order valence-corrected chi connectivity index (χ4v) is 9.07. The monoisotopic (exact) mass is 1080 g/mol. The second-order valence-electron chi connectivity index (χ2n) is 21.7. The summed E-state index contributed by atoms with van der Waals surface area (Å²) in [6.07, 6.45) is 77.5. The van der Waals surface area contributed by atoms with E-state index in [2.05, 4.69) is 111 Å². The van der Waals surface area contributed by atoms with Crippen molar-refractivity contribution in [1.29, 1.82) is 0 Å². The number of nitrogens with zero attached hydrogens (tertiary/aromatic N) is 1. The highest BCUT2D eigenvalue weighted by molar-refractivity contribution is 7.45. The van der Waals surface area contributed by atoms with Gasteiger partial charge in [0.25, 0.3) is 7.82 Å². The van der Waals surface area contributed by atoms with Gasteiger partial charge in [-0.3, -0.25) is 14.2 Å². The number of hydrogen-bond donors (Lipinski definition) is 0. The summed E-state index contributed by atoms with van der Waals surface area (Å²) >= 11 is 0. The third-order valence-electron chi connectivity index (χ3n) is 13.1. The van der Waals surface area contributed by atoms with Gasteiger partial charge in [0.1, 0.15) is 19.8 Å². The van der Waals surface area contributed by atoms with Crippen molar-refractivity contribution < 1.29 is 42.1 Å². The summed E-state index contributed by atoms with van der Waals surface area (Å²) in [7, 11) is 1.16. The number of allylic oxidation sites excluding steroid dienone is 16. The summed E-state index contributed by atoms with van der Waals surface area (Å²) in [4.78, 5) is 37.9. The Hall–Kier alpha value is -3.07. The van der Waals surface area contributed by atoms with Crippen molar-refractivity contribution in [2.75, 3.05) is 47.5 Å². The minimum Gasteiger partial charge on any atom is -0.756 e. The smallest absolute Gasteiger partial charge is 0.306 e. The number of ether oxygens (including phenoxy) is 2. The van der Waals surface area contributed by atoms with Gasteiger partial charge in [-0.15, -0.1) is 0 Å². The Labute approximate surface area is 468 Å². The Morgan fingerprint density at radius 2 is 0.750 bits per heavy atom. The van der Waals surface area contributed by atoms with E-state index in [-0.39, 0.29) is 26.1 Å². The van der Waals surface area contributed by atoms with Gasteiger partial charge in [-0.2, -0.15) is 0 Å². The lowest BCUT2D eigenvalue weighted by Crippen LogP contribution is -2.37. The number of rotatable bonds is 56. The minimum atomic E-state index is -4.64. The van der Waals surface area contributed by atoms with E-state index in [0.717, 1.165) is 96.3 Å². The van der Waals surface area contributed by atoms with Gasteiger partial charge in [0, 0.05) is 12.8 Å². The molecule has 0 rings (SSSR count). The van der Waals surface area contributed by atoms with E-state index >= 15 is 0 Å². The predicted octanol–water partition coefficient (Wildman–Crippen LogP) is 19.0. The summed E-state index contributed by atoms with van der Waals surface area (Å²) < 4.78 is 34.2. The van der Waals surface area contributed by atoms with Gasteiger partial charge in [0.2, 0.25) is 0 Å². The van der Waals surface area contributed by atoms with Gasteiger partial charge in [-0.1, -0.05) is 246 Å². The number of carbonyl (C=O) groups is 2. The molecule has 0 amide bonds. The molecule has 0 aromatic rings. The molecule has 0 aliphatic rings. The lowest BCUT2D eigenvalue weighted by Gasteiger charge is -2.28. The molecule has 0 aromatic heterocycles. The van der Waals surface area contributed by atoms with Crippen LogP contribution in [0.4, 0.5) is 0 Å². The molecule has 0 aliphatic heterocycles. The highest BCUT2D eigenvalue weighted by Crippen LogP contribution is 2.38. The Kier molecular flexibility index (Phi) is 54.4. The molecule has 0 N–H and O–H groups in total. The van der Waals surface area contributed by atoms with Crippen LogP contribution >= 0.6 is 7.82 Å². The van der Waals surface area contributed by atoms with Crippen LogP contribution in [0, 0.1) is 0 Å². The van der Waals surface area contributed by atoms with Crippen LogP contribution in [0.1, 0.15) is 258 Å². The van der Waals surface area contributed by atoms with Crippen molar-refractivity contribution in [1.82, 2.24) is 0 Å². The molecule has 438 valence electrons. The molecule has 10 heteroatoms. The van der Waals surface area contributed by atoms with E-state index in [0.29, 0.717) is 17.4 Å². The first-order valence-corrected chi connectivity index (χ1v) is 32.4. The van der Waals surface area contributed by atoms with E-state index in [1.165, 1.54) is 128 Å². The number of esters is 2. The lowest BCUT2D eigenvalue weighted by atomic mass is 10.0. The topological polar surface area (TPSA) is 111 Å². The van der Waals surface area contributed by atoms with E-state index in [1.807, 2.05) is 21.1 Å². The van der Waals surface area contributed by atoms with E-state index in [1.54, 1.807) is 0 Å². The zero-order valence-corrected chi connectivity index (χ0v) is 50.6. The van der Waals surface area contributed by atoms with E-state index in [4.69, 9.17) is 18.5 Å². The van der Waals surface area contributed by atoms with E-state index in [9.17, 15) is 19.0 Å². The Balaban J connectivity index is 4.06. The molecule has 0 bridgehead atoms. The number of likely N-dealkylation sites (N-methyl/N-ethyl adjacent to an activating group) is 1. The van der Waals surface area contributed by atoms with Crippen molar-refractivity contribution >= 4 is 19.8 Å². The van der Waals surface area contributed by atoms with Crippen LogP contribution in [0.25, 0.3) is 0 Å². The third kappa shape index (κ3) is 60.2. The quantitative estimate of drug-likeness (QED) is 0.0195. The highest BCUT2D eigenvalue weighted by atomic mass is 31.2. The number of carbonyl (C=O) groups excluding carboxylic acids is 2. The first kappa shape index (κ1) is 72.9. The highest BCUT2D eigenvalue weighted by Gasteiger charge is 2.22. The van der Waals surface area contributed by atoms with Crippen LogP contribution in [0.15, 0.2) is 97.2 Å². The third-order valence-corrected chi connectivity index (χ3v) is 14.1. The Morgan fingerprint density at radius 3 is 1.12 bits per heavy atom. The minimum absolute atomic E-state index is 0.0348. The Morgan fingerprint density at radius 1 is 0.421 bits per heavy atom. The molecule has 0 spiro atoms. The van der Waals surface area contributed by atoms with Gasteiger partial charge in [-0.25, -0.2) is 0 Å². The van der Waals surface area contributed by atoms with Crippen LogP contribution in [-0.4, -0.2) is 70.0 Å². The molecule has 0 saturated carbocycles. The molecule has 9 nitrogen and oxygen atoms in total. The number of phosphoric ester groups is 1. The molecular formula is C66H116NO8P. The summed E-state index contributed by atoms with van der Waals surface area (Å²) in [5.74, 6) is -0.840. The van der Waals surface area contributed by atoms with Crippen LogP contribution in [0.2, 0.25) is 0 Å².